The Kier molecular flexibility index (Phi) is 1.42. The number of hydrogen-bond donors (Lipinski definition) is 1. The first-order chi connectivity index (χ1) is 5.38. The molecule has 3 nitrogen and oxygen atoms in total. The Balaban J connectivity index is 2.49. The number of rotatable bonds is 0. The summed E-state index contributed by atoms with van der Waals surface area (Å²) in [4.78, 5) is 3.95. The van der Waals surface area contributed by atoms with Crippen LogP contribution >= 0.6 is 0 Å². The van der Waals surface area contributed by atoms with E-state index in [2.05, 4.69) is 4.98 Å². The molecule has 0 unspecified atom stereocenters. The Morgan fingerprint density at radius 3 is 3.18 bits per heavy atom. The van der Waals surface area contributed by atoms with E-state index < -0.39 is 0 Å². The molecule has 0 saturated carbocycles. The lowest BCUT2D eigenvalue weighted by atomic mass is 10.1. The first kappa shape index (κ1) is 6.46. The number of pyridine rings is 1. The Morgan fingerprint density at radius 2 is 2.36 bits per heavy atom. The van der Waals surface area contributed by atoms with Gasteiger partial charge < -0.3 is 10.5 Å². The molecule has 1 aromatic heterocycles. The summed E-state index contributed by atoms with van der Waals surface area (Å²) in [6, 6.07) is 0. The molecule has 58 valence electrons. The standard InChI is InChI=1S/C8H10N2O/c9-7-4-10-5-8-6(7)2-1-3-11-8/h4-5H,1-3,9H2. The predicted molar refractivity (Wildman–Crippen MR) is 42.5 cm³/mol. The summed E-state index contributed by atoms with van der Waals surface area (Å²) in [5, 5.41) is 0. The van der Waals surface area contributed by atoms with Crippen LogP contribution in [0.25, 0.3) is 0 Å². The Morgan fingerprint density at radius 1 is 1.45 bits per heavy atom. The van der Waals surface area contributed by atoms with Crippen molar-refractivity contribution in [3.63, 3.8) is 0 Å². The molecule has 1 aliphatic rings. The molecule has 0 radical (unpaired) electrons. The SMILES string of the molecule is Nc1cncc2c1CCCO2. The molecular weight excluding hydrogens is 140 g/mol. The number of fused-ring (bicyclic) bond motifs is 1. The number of hydrogen-bond acceptors (Lipinski definition) is 3. The molecule has 0 saturated heterocycles. The monoisotopic (exact) mass is 150 g/mol. The third kappa shape index (κ3) is 1.02. The fourth-order valence-corrected chi connectivity index (χ4v) is 1.31. The lowest BCUT2D eigenvalue weighted by Crippen LogP contribution is -2.10. The molecule has 0 aromatic carbocycles. The first-order valence-electron chi connectivity index (χ1n) is 3.73. The fourth-order valence-electron chi connectivity index (χ4n) is 1.31. The molecule has 1 aliphatic heterocycles. The lowest BCUT2D eigenvalue weighted by Gasteiger charge is -2.17. The zero-order chi connectivity index (χ0) is 7.68. The van der Waals surface area contributed by atoms with Crippen LogP contribution in [-0.2, 0) is 6.42 Å². The second kappa shape index (κ2) is 2.42. The summed E-state index contributed by atoms with van der Waals surface area (Å²) in [6.07, 6.45) is 5.48. The molecule has 1 aromatic rings. The molecule has 0 spiro atoms. The normalized spacial score (nSPS) is 15.3. The summed E-state index contributed by atoms with van der Waals surface area (Å²) in [5.41, 5.74) is 7.57. The molecule has 2 rings (SSSR count). The van der Waals surface area contributed by atoms with E-state index in [0.29, 0.717) is 0 Å². The smallest absolute Gasteiger partial charge is 0.142 e. The van der Waals surface area contributed by atoms with E-state index in [1.165, 1.54) is 0 Å². The topological polar surface area (TPSA) is 48.1 Å². The first-order valence-corrected chi connectivity index (χ1v) is 3.73. The molecule has 0 amide bonds. The number of nitrogens with two attached hydrogens (primary N) is 1. The van der Waals surface area contributed by atoms with Gasteiger partial charge in [-0.15, -0.1) is 0 Å². The van der Waals surface area contributed by atoms with Crippen molar-refractivity contribution in [3.8, 4) is 5.75 Å². The van der Waals surface area contributed by atoms with E-state index in [-0.39, 0.29) is 0 Å². The van der Waals surface area contributed by atoms with Gasteiger partial charge in [0, 0.05) is 5.56 Å². The van der Waals surface area contributed by atoms with Gasteiger partial charge in [0.1, 0.15) is 5.75 Å². The van der Waals surface area contributed by atoms with Crippen LogP contribution in [0.15, 0.2) is 12.4 Å². The van der Waals surface area contributed by atoms with Crippen molar-refractivity contribution >= 4 is 5.69 Å². The Hall–Kier alpha value is -1.25. The van der Waals surface area contributed by atoms with Gasteiger partial charge in [0.2, 0.25) is 0 Å². The molecular formula is C8H10N2O. The minimum absolute atomic E-state index is 0.752. The highest BCUT2D eigenvalue weighted by molar-refractivity contribution is 5.52. The van der Waals surface area contributed by atoms with Crippen molar-refractivity contribution in [2.24, 2.45) is 0 Å². The van der Waals surface area contributed by atoms with Crippen LogP contribution < -0.4 is 10.5 Å². The maximum Gasteiger partial charge on any atom is 0.142 e. The van der Waals surface area contributed by atoms with Gasteiger partial charge in [-0.25, -0.2) is 0 Å². The lowest BCUT2D eigenvalue weighted by molar-refractivity contribution is 0.287. The van der Waals surface area contributed by atoms with Gasteiger partial charge in [-0.3, -0.25) is 4.98 Å². The molecule has 2 N–H and O–H groups in total. The molecule has 0 atom stereocenters. The van der Waals surface area contributed by atoms with Crippen molar-refractivity contribution in [2.75, 3.05) is 12.3 Å². The van der Waals surface area contributed by atoms with Gasteiger partial charge in [0.25, 0.3) is 0 Å². The number of ether oxygens (including phenoxy) is 1. The third-order valence-electron chi connectivity index (χ3n) is 1.88. The number of nitrogen functional groups attached to an aromatic ring is 1. The summed E-state index contributed by atoms with van der Waals surface area (Å²) in [5.74, 6) is 0.858. The minimum Gasteiger partial charge on any atom is -0.492 e. The summed E-state index contributed by atoms with van der Waals surface area (Å²) >= 11 is 0. The van der Waals surface area contributed by atoms with E-state index >= 15 is 0 Å². The van der Waals surface area contributed by atoms with Gasteiger partial charge in [0.15, 0.2) is 0 Å². The molecule has 11 heavy (non-hydrogen) atoms. The second-order valence-electron chi connectivity index (χ2n) is 2.66. The van der Waals surface area contributed by atoms with Crippen LogP contribution in [0.3, 0.4) is 0 Å². The van der Waals surface area contributed by atoms with Gasteiger partial charge in [0.05, 0.1) is 24.7 Å². The third-order valence-corrected chi connectivity index (χ3v) is 1.88. The predicted octanol–water partition coefficient (Wildman–Crippen LogP) is 0.989. The van der Waals surface area contributed by atoms with Crippen LogP contribution in [0.4, 0.5) is 5.69 Å². The van der Waals surface area contributed by atoms with Crippen LogP contribution in [0.2, 0.25) is 0 Å². The van der Waals surface area contributed by atoms with Crippen molar-refractivity contribution in [3.05, 3.63) is 18.0 Å². The van der Waals surface area contributed by atoms with E-state index in [4.69, 9.17) is 10.5 Å². The maximum atomic E-state index is 5.70. The van der Waals surface area contributed by atoms with Crippen LogP contribution in [0.5, 0.6) is 5.75 Å². The molecule has 0 fully saturated rings. The molecule has 2 heterocycles. The number of nitrogens with zero attached hydrogens (tertiary/aromatic N) is 1. The zero-order valence-corrected chi connectivity index (χ0v) is 6.21. The molecule has 3 heteroatoms. The van der Waals surface area contributed by atoms with Crippen molar-refractivity contribution < 1.29 is 4.74 Å². The fraction of sp³-hybridized carbons (Fsp3) is 0.375. The van der Waals surface area contributed by atoms with E-state index in [0.717, 1.165) is 36.4 Å². The quantitative estimate of drug-likeness (QED) is 0.600. The van der Waals surface area contributed by atoms with Crippen molar-refractivity contribution in [1.82, 2.24) is 4.98 Å². The maximum absolute atomic E-state index is 5.70. The van der Waals surface area contributed by atoms with Crippen LogP contribution in [-0.4, -0.2) is 11.6 Å². The number of anilines is 1. The van der Waals surface area contributed by atoms with E-state index in [9.17, 15) is 0 Å². The summed E-state index contributed by atoms with van der Waals surface area (Å²) in [6.45, 7) is 0.790. The Labute approximate surface area is 65.2 Å². The average molecular weight is 150 g/mol. The van der Waals surface area contributed by atoms with Gasteiger partial charge in [-0.2, -0.15) is 0 Å². The minimum atomic E-state index is 0.752. The average Bonchev–Trinajstić information content (AvgIpc) is 2.06. The Bertz CT molecular complexity index is 273. The van der Waals surface area contributed by atoms with E-state index in [1.54, 1.807) is 12.4 Å². The summed E-state index contributed by atoms with van der Waals surface area (Å²) in [7, 11) is 0. The largest absolute Gasteiger partial charge is 0.492 e. The van der Waals surface area contributed by atoms with Crippen LogP contribution in [0, 0.1) is 0 Å². The zero-order valence-electron chi connectivity index (χ0n) is 6.21. The van der Waals surface area contributed by atoms with Crippen molar-refractivity contribution in [1.29, 1.82) is 0 Å². The van der Waals surface area contributed by atoms with Gasteiger partial charge in [-0.1, -0.05) is 0 Å². The van der Waals surface area contributed by atoms with Gasteiger partial charge >= 0.3 is 0 Å². The van der Waals surface area contributed by atoms with Crippen molar-refractivity contribution in [2.45, 2.75) is 12.8 Å². The molecule has 0 bridgehead atoms. The highest BCUT2D eigenvalue weighted by Crippen LogP contribution is 2.27. The second-order valence-corrected chi connectivity index (χ2v) is 2.66. The van der Waals surface area contributed by atoms with Crippen LogP contribution in [0.1, 0.15) is 12.0 Å². The van der Waals surface area contributed by atoms with Gasteiger partial charge in [-0.05, 0) is 12.8 Å². The highest BCUT2D eigenvalue weighted by Gasteiger charge is 2.12. The highest BCUT2D eigenvalue weighted by atomic mass is 16.5. The van der Waals surface area contributed by atoms with E-state index in [1.807, 2.05) is 0 Å². The number of aromatic nitrogens is 1. The summed E-state index contributed by atoms with van der Waals surface area (Å²) < 4.78 is 5.36. The molecule has 0 aliphatic carbocycles.